The molecular weight excluding hydrogens is 468 g/mol. The second-order valence-corrected chi connectivity index (χ2v) is 10.7. The zero-order valence-corrected chi connectivity index (χ0v) is 24.6. The molecule has 3 rings (SSSR count). The lowest BCUT2D eigenvalue weighted by atomic mass is 10.2. The summed E-state index contributed by atoms with van der Waals surface area (Å²) in [4.78, 5) is 46.6. The molecule has 3 saturated heterocycles. The highest BCUT2D eigenvalue weighted by Gasteiger charge is 2.28. The highest BCUT2D eigenvalue weighted by Crippen LogP contribution is 2.10. The Morgan fingerprint density at radius 1 is 0.676 bits per heavy atom. The third-order valence-corrected chi connectivity index (χ3v) is 7.49. The van der Waals surface area contributed by atoms with Crippen molar-refractivity contribution in [3.8, 4) is 0 Å². The molecule has 3 heterocycles. The van der Waals surface area contributed by atoms with Crippen molar-refractivity contribution in [2.45, 2.75) is 86.4 Å². The Hall–Kier alpha value is -1.71. The third kappa shape index (κ3) is 11.3. The van der Waals surface area contributed by atoms with Crippen LogP contribution in [0.3, 0.4) is 0 Å². The Bertz CT molecular complexity index is 687. The number of carbonyl (C=O) groups is 3. The van der Waals surface area contributed by atoms with Crippen LogP contribution >= 0.6 is 0 Å². The van der Waals surface area contributed by atoms with Crippen LogP contribution in [0.2, 0.25) is 0 Å². The fourth-order valence-corrected chi connectivity index (χ4v) is 4.64. The van der Waals surface area contributed by atoms with Crippen LogP contribution in [0.4, 0.5) is 0 Å². The van der Waals surface area contributed by atoms with E-state index in [0.717, 1.165) is 65.1 Å². The van der Waals surface area contributed by atoms with E-state index < -0.39 is 0 Å². The van der Waals surface area contributed by atoms with Crippen molar-refractivity contribution in [1.29, 1.82) is 0 Å². The van der Waals surface area contributed by atoms with E-state index in [1.165, 1.54) is 0 Å². The molecule has 3 fully saturated rings. The van der Waals surface area contributed by atoms with E-state index in [0.29, 0.717) is 25.2 Å². The van der Waals surface area contributed by atoms with Gasteiger partial charge in [-0.25, -0.2) is 0 Å². The molecule has 0 aromatic carbocycles. The largest absolute Gasteiger partial charge is 0.341 e. The lowest BCUT2D eigenvalue weighted by Gasteiger charge is -2.37. The standard InChI is InChI=1S/3C9H18N2O.CH4/c1-4-5-11-6-8(2)10(3)9(12)7-11;1-4-5-11-6-8(2)10(3)7-9(11)12;1-4-5-11-7-6-10(3)8(2)9(11)12;/h3*8H,4-7H2,1-3H3;1H4. The van der Waals surface area contributed by atoms with Gasteiger partial charge in [0.05, 0.1) is 19.1 Å². The Balaban J connectivity index is 0.000000518. The average Bonchev–Trinajstić information content (AvgIpc) is 2.83. The van der Waals surface area contributed by atoms with Crippen molar-refractivity contribution < 1.29 is 14.4 Å². The fourth-order valence-electron chi connectivity index (χ4n) is 4.64. The maximum Gasteiger partial charge on any atom is 0.239 e. The predicted molar refractivity (Wildman–Crippen MR) is 154 cm³/mol. The summed E-state index contributed by atoms with van der Waals surface area (Å²) in [6.07, 6.45) is 3.24. The lowest BCUT2D eigenvalue weighted by molar-refractivity contribution is -0.140. The monoisotopic (exact) mass is 526 g/mol. The Morgan fingerprint density at radius 2 is 1.24 bits per heavy atom. The summed E-state index contributed by atoms with van der Waals surface area (Å²) in [5, 5.41) is 0. The Kier molecular flexibility index (Phi) is 16.9. The average molecular weight is 527 g/mol. The van der Waals surface area contributed by atoms with Gasteiger partial charge < -0.3 is 14.7 Å². The van der Waals surface area contributed by atoms with E-state index in [9.17, 15) is 14.4 Å². The van der Waals surface area contributed by atoms with Gasteiger partial charge in [0.2, 0.25) is 17.7 Å². The first-order valence-corrected chi connectivity index (χ1v) is 13.9. The molecule has 0 aromatic heterocycles. The van der Waals surface area contributed by atoms with Crippen LogP contribution in [0.1, 0.15) is 68.2 Å². The molecule has 3 aliphatic rings. The van der Waals surface area contributed by atoms with Crippen LogP contribution in [-0.4, -0.2) is 145 Å². The number of hydrogen-bond acceptors (Lipinski definition) is 6. The van der Waals surface area contributed by atoms with Gasteiger partial charge in [0.25, 0.3) is 0 Å². The smallest absolute Gasteiger partial charge is 0.239 e. The van der Waals surface area contributed by atoms with E-state index >= 15 is 0 Å². The lowest BCUT2D eigenvalue weighted by Crippen LogP contribution is -2.54. The fraction of sp³-hybridized carbons (Fsp3) is 0.893. The topological polar surface area (TPSA) is 70.7 Å². The molecular formula is C28H58N6O3. The van der Waals surface area contributed by atoms with Crippen molar-refractivity contribution in [3.05, 3.63) is 0 Å². The van der Waals surface area contributed by atoms with Gasteiger partial charge in [-0.3, -0.25) is 29.1 Å². The molecule has 0 spiro atoms. The number of likely N-dealkylation sites (N-methyl/N-ethyl adjacent to an activating group) is 3. The predicted octanol–water partition coefficient (Wildman–Crippen LogP) is 2.31. The van der Waals surface area contributed by atoms with Crippen LogP contribution in [0.15, 0.2) is 0 Å². The number of carbonyl (C=O) groups excluding carboxylic acids is 3. The van der Waals surface area contributed by atoms with E-state index in [-0.39, 0.29) is 31.2 Å². The zero-order chi connectivity index (χ0) is 27.4. The zero-order valence-electron chi connectivity index (χ0n) is 24.6. The Labute approximate surface area is 228 Å². The minimum atomic E-state index is 0. The number of rotatable bonds is 6. The normalized spacial score (nSPS) is 25.7. The van der Waals surface area contributed by atoms with Crippen LogP contribution in [-0.2, 0) is 14.4 Å². The minimum absolute atomic E-state index is 0. The summed E-state index contributed by atoms with van der Waals surface area (Å²) in [5.41, 5.74) is 0. The summed E-state index contributed by atoms with van der Waals surface area (Å²) >= 11 is 0. The molecule has 3 aliphatic heterocycles. The first-order valence-electron chi connectivity index (χ1n) is 13.9. The van der Waals surface area contributed by atoms with Crippen molar-refractivity contribution in [1.82, 2.24) is 29.4 Å². The molecule has 3 amide bonds. The van der Waals surface area contributed by atoms with Crippen molar-refractivity contribution in [2.75, 3.05) is 80.0 Å². The van der Waals surface area contributed by atoms with Gasteiger partial charge in [0.1, 0.15) is 0 Å². The maximum atomic E-state index is 11.6. The van der Waals surface area contributed by atoms with E-state index in [4.69, 9.17) is 0 Å². The van der Waals surface area contributed by atoms with Gasteiger partial charge in [-0.1, -0.05) is 28.2 Å². The molecule has 0 N–H and O–H groups in total. The van der Waals surface area contributed by atoms with E-state index in [2.05, 4.69) is 49.3 Å². The number of piperazine rings is 3. The number of amides is 3. The summed E-state index contributed by atoms with van der Waals surface area (Å²) < 4.78 is 0. The molecule has 0 aliphatic carbocycles. The quantitative estimate of drug-likeness (QED) is 0.529. The molecule has 0 aromatic rings. The molecule has 9 nitrogen and oxygen atoms in total. The molecule has 0 saturated carbocycles. The minimum Gasteiger partial charge on any atom is -0.341 e. The van der Waals surface area contributed by atoms with Gasteiger partial charge in [-0.05, 0) is 60.7 Å². The third-order valence-electron chi connectivity index (χ3n) is 7.49. The van der Waals surface area contributed by atoms with Gasteiger partial charge >= 0.3 is 0 Å². The van der Waals surface area contributed by atoms with Crippen LogP contribution in [0.25, 0.3) is 0 Å². The first-order chi connectivity index (χ1) is 17.0. The summed E-state index contributed by atoms with van der Waals surface area (Å²) in [7, 11) is 5.90. The second kappa shape index (κ2) is 17.7. The molecule has 0 bridgehead atoms. The molecule has 9 heteroatoms. The second-order valence-electron chi connectivity index (χ2n) is 10.7. The molecule has 37 heavy (non-hydrogen) atoms. The highest BCUT2D eigenvalue weighted by atomic mass is 16.2. The Morgan fingerprint density at radius 3 is 1.78 bits per heavy atom. The van der Waals surface area contributed by atoms with Crippen LogP contribution in [0.5, 0.6) is 0 Å². The van der Waals surface area contributed by atoms with Gasteiger partial charge in [0, 0.05) is 58.4 Å². The summed E-state index contributed by atoms with van der Waals surface area (Å²) in [6, 6.07) is 0.956. The molecule has 0 radical (unpaired) electrons. The van der Waals surface area contributed by atoms with E-state index in [1.807, 2.05) is 42.8 Å². The van der Waals surface area contributed by atoms with Crippen LogP contribution in [0, 0.1) is 0 Å². The SMILES string of the molecule is C.CCCN1CC(=O)N(C)C(C)C1.CCCN1CC(C)N(C)CC1=O.CCCN1CCN(C)C(C)C1=O. The van der Waals surface area contributed by atoms with E-state index in [1.54, 1.807) is 0 Å². The first kappa shape index (κ1) is 35.3. The van der Waals surface area contributed by atoms with Crippen molar-refractivity contribution in [2.24, 2.45) is 0 Å². The highest BCUT2D eigenvalue weighted by molar-refractivity contribution is 5.82. The summed E-state index contributed by atoms with van der Waals surface area (Å²) in [5.74, 6) is 0.810. The molecule has 218 valence electrons. The van der Waals surface area contributed by atoms with Gasteiger partial charge in [-0.15, -0.1) is 0 Å². The van der Waals surface area contributed by atoms with Crippen LogP contribution < -0.4 is 0 Å². The number of nitrogens with zero attached hydrogens (tertiary/aromatic N) is 6. The number of hydrogen-bond donors (Lipinski definition) is 0. The maximum absolute atomic E-state index is 11.6. The van der Waals surface area contributed by atoms with Gasteiger partial charge in [-0.2, -0.15) is 0 Å². The molecule has 3 atom stereocenters. The van der Waals surface area contributed by atoms with Crippen molar-refractivity contribution in [3.63, 3.8) is 0 Å². The van der Waals surface area contributed by atoms with Crippen molar-refractivity contribution >= 4 is 17.7 Å². The molecule has 3 unspecified atom stereocenters. The van der Waals surface area contributed by atoms with Gasteiger partial charge in [0.15, 0.2) is 0 Å². The summed E-state index contributed by atoms with van der Waals surface area (Å²) in [6.45, 7) is 20.5.